The van der Waals surface area contributed by atoms with E-state index in [2.05, 4.69) is 10.6 Å². The average Bonchev–Trinajstić information content (AvgIpc) is 2.53. The molecule has 0 fully saturated rings. The van der Waals surface area contributed by atoms with Gasteiger partial charge in [0.1, 0.15) is 5.69 Å². The molecule has 2 N–H and O–H groups in total. The minimum absolute atomic E-state index is 0.159. The number of anilines is 1. The zero-order valence-corrected chi connectivity index (χ0v) is 12.6. The number of carbonyl (C=O) groups is 1. The number of carbonyl (C=O) groups excluding carboxylic acids is 1. The van der Waals surface area contributed by atoms with Gasteiger partial charge in [-0.25, -0.2) is 0 Å². The molecule has 0 unspecified atom stereocenters. The maximum atomic E-state index is 11.6. The van der Waals surface area contributed by atoms with Crippen LogP contribution in [0.1, 0.15) is 15.9 Å². The van der Waals surface area contributed by atoms with Crippen LogP contribution < -0.4 is 10.6 Å². The highest BCUT2D eigenvalue weighted by atomic mass is 35.5. The van der Waals surface area contributed by atoms with E-state index in [1.165, 1.54) is 25.2 Å². The lowest BCUT2D eigenvalue weighted by Crippen LogP contribution is -2.18. The number of nitrogens with one attached hydrogen (secondary N) is 2. The molecule has 22 heavy (non-hydrogen) atoms. The van der Waals surface area contributed by atoms with Crippen LogP contribution in [0.2, 0.25) is 5.02 Å². The molecule has 0 heterocycles. The van der Waals surface area contributed by atoms with Crippen molar-refractivity contribution in [1.82, 2.24) is 5.32 Å². The molecule has 6 nitrogen and oxygen atoms in total. The number of hydrogen-bond acceptors (Lipinski definition) is 4. The zero-order chi connectivity index (χ0) is 16.1. The summed E-state index contributed by atoms with van der Waals surface area (Å²) in [6.07, 6.45) is 0. The Morgan fingerprint density at radius 2 is 2.00 bits per heavy atom. The molecule has 0 aromatic heterocycles. The van der Waals surface area contributed by atoms with Crippen LogP contribution in [-0.2, 0) is 6.54 Å². The molecule has 0 atom stereocenters. The molecule has 0 spiro atoms. The molecule has 7 heteroatoms. The highest BCUT2D eigenvalue weighted by Crippen LogP contribution is 2.27. The van der Waals surface area contributed by atoms with E-state index in [9.17, 15) is 14.9 Å². The van der Waals surface area contributed by atoms with E-state index in [0.29, 0.717) is 17.3 Å². The van der Waals surface area contributed by atoms with Gasteiger partial charge in [0.15, 0.2) is 0 Å². The van der Waals surface area contributed by atoms with Crippen molar-refractivity contribution >= 4 is 28.9 Å². The summed E-state index contributed by atoms with van der Waals surface area (Å²) >= 11 is 6.05. The number of halogens is 1. The van der Waals surface area contributed by atoms with E-state index >= 15 is 0 Å². The maximum absolute atomic E-state index is 11.6. The van der Waals surface area contributed by atoms with Crippen LogP contribution in [0, 0.1) is 10.1 Å². The van der Waals surface area contributed by atoms with Crippen LogP contribution in [0.15, 0.2) is 42.5 Å². The first kappa shape index (κ1) is 15.8. The standard InChI is InChI=1S/C15H14ClN3O3/c1-17-15(20)10-6-7-13(14(8-10)19(21)22)18-9-11-4-2-3-5-12(11)16/h2-8,18H,9H2,1H3,(H,17,20). The van der Waals surface area contributed by atoms with E-state index in [4.69, 9.17) is 11.6 Å². The van der Waals surface area contributed by atoms with Crippen molar-refractivity contribution in [1.29, 1.82) is 0 Å². The summed E-state index contributed by atoms with van der Waals surface area (Å²) in [5.41, 5.74) is 1.23. The second kappa shape index (κ2) is 6.91. The van der Waals surface area contributed by atoms with Crippen molar-refractivity contribution < 1.29 is 9.72 Å². The van der Waals surface area contributed by atoms with Crippen LogP contribution in [0.25, 0.3) is 0 Å². The average molecular weight is 320 g/mol. The van der Waals surface area contributed by atoms with Gasteiger partial charge in [-0.2, -0.15) is 0 Å². The lowest BCUT2D eigenvalue weighted by atomic mass is 10.1. The molecule has 0 aliphatic carbocycles. The first-order valence-corrected chi connectivity index (χ1v) is 6.88. The monoisotopic (exact) mass is 319 g/mol. The molecule has 2 aromatic carbocycles. The molecule has 0 radical (unpaired) electrons. The lowest BCUT2D eigenvalue weighted by molar-refractivity contribution is -0.384. The van der Waals surface area contributed by atoms with E-state index in [1.807, 2.05) is 18.2 Å². The highest BCUT2D eigenvalue weighted by Gasteiger charge is 2.17. The number of nitro groups is 1. The SMILES string of the molecule is CNC(=O)c1ccc(NCc2ccccc2Cl)c([N+](=O)[O-])c1. The Kier molecular flexibility index (Phi) is 4.95. The third-order valence-electron chi connectivity index (χ3n) is 3.11. The van der Waals surface area contributed by atoms with Gasteiger partial charge >= 0.3 is 0 Å². The Morgan fingerprint density at radius 3 is 2.64 bits per heavy atom. The molecular weight excluding hydrogens is 306 g/mol. The van der Waals surface area contributed by atoms with E-state index in [-0.39, 0.29) is 17.2 Å². The van der Waals surface area contributed by atoms with E-state index in [0.717, 1.165) is 5.56 Å². The lowest BCUT2D eigenvalue weighted by Gasteiger charge is -2.09. The van der Waals surface area contributed by atoms with Crippen LogP contribution >= 0.6 is 11.6 Å². The van der Waals surface area contributed by atoms with Gasteiger partial charge in [0.2, 0.25) is 0 Å². The molecular formula is C15H14ClN3O3. The summed E-state index contributed by atoms with van der Waals surface area (Å²) in [6, 6.07) is 11.5. The molecule has 0 saturated heterocycles. The summed E-state index contributed by atoms with van der Waals surface area (Å²) in [4.78, 5) is 22.2. The van der Waals surface area contributed by atoms with Crippen molar-refractivity contribution in [3.8, 4) is 0 Å². The largest absolute Gasteiger partial charge is 0.375 e. The number of rotatable bonds is 5. The van der Waals surface area contributed by atoms with E-state index in [1.54, 1.807) is 6.07 Å². The normalized spacial score (nSPS) is 10.1. The number of nitrogens with zero attached hydrogens (tertiary/aromatic N) is 1. The van der Waals surface area contributed by atoms with Gasteiger partial charge in [-0.15, -0.1) is 0 Å². The smallest absolute Gasteiger partial charge is 0.293 e. The Labute approximate surface area is 132 Å². The van der Waals surface area contributed by atoms with Gasteiger partial charge in [0.05, 0.1) is 4.92 Å². The molecule has 0 saturated carbocycles. The molecule has 0 aliphatic heterocycles. The molecule has 0 aliphatic rings. The van der Waals surface area contributed by atoms with E-state index < -0.39 is 4.92 Å². The van der Waals surface area contributed by atoms with Gasteiger partial charge < -0.3 is 10.6 Å². The highest BCUT2D eigenvalue weighted by molar-refractivity contribution is 6.31. The Bertz CT molecular complexity index is 719. The summed E-state index contributed by atoms with van der Waals surface area (Å²) in [7, 11) is 1.47. The second-order valence-electron chi connectivity index (χ2n) is 4.51. The number of hydrogen-bond donors (Lipinski definition) is 2. The van der Waals surface area contributed by atoms with Crippen molar-refractivity contribution in [2.45, 2.75) is 6.54 Å². The number of benzene rings is 2. The van der Waals surface area contributed by atoms with Gasteiger partial charge in [0.25, 0.3) is 11.6 Å². The predicted octanol–water partition coefficient (Wildman–Crippen LogP) is 3.22. The minimum atomic E-state index is -0.526. The van der Waals surface area contributed by atoms with Crippen molar-refractivity contribution in [2.75, 3.05) is 12.4 Å². The second-order valence-corrected chi connectivity index (χ2v) is 4.92. The number of nitro benzene ring substituents is 1. The summed E-state index contributed by atoms with van der Waals surface area (Å²) in [6.45, 7) is 0.347. The third-order valence-corrected chi connectivity index (χ3v) is 3.48. The fourth-order valence-corrected chi connectivity index (χ4v) is 2.15. The molecule has 2 aromatic rings. The summed E-state index contributed by atoms with van der Waals surface area (Å²) in [5, 5.41) is 17.2. The first-order valence-electron chi connectivity index (χ1n) is 6.50. The zero-order valence-electron chi connectivity index (χ0n) is 11.8. The third kappa shape index (κ3) is 3.53. The van der Waals surface area contributed by atoms with Gasteiger partial charge in [-0.3, -0.25) is 14.9 Å². The number of amides is 1. The van der Waals surface area contributed by atoms with Gasteiger partial charge in [0, 0.05) is 30.2 Å². The van der Waals surface area contributed by atoms with Gasteiger partial charge in [-0.1, -0.05) is 29.8 Å². The van der Waals surface area contributed by atoms with Crippen molar-refractivity contribution in [2.24, 2.45) is 0 Å². The molecule has 114 valence electrons. The summed E-state index contributed by atoms with van der Waals surface area (Å²) < 4.78 is 0. The maximum Gasteiger partial charge on any atom is 0.293 e. The van der Waals surface area contributed by atoms with Crippen molar-refractivity contribution in [3.63, 3.8) is 0 Å². The minimum Gasteiger partial charge on any atom is -0.375 e. The first-order chi connectivity index (χ1) is 10.5. The summed E-state index contributed by atoms with van der Waals surface area (Å²) in [5.74, 6) is -0.374. The predicted molar refractivity (Wildman–Crippen MR) is 85.3 cm³/mol. The molecule has 2 rings (SSSR count). The Balaban J connectivity index is 2.25. The van der Waals surface area contributed by atoms with Crippen LogP contribution in [0.4, 0.5) is 11.4 Å². The van der Waals surface area contributed by atoms with Crippen LogP contribution in [0.3, 0.4) is 0 Å². The molecule has 1 amide bonds. The topological polar surface area (TPSA) is 84.3 Å². The Morgan fingerprint density at radius 1 is 1.27 bits per heavy atom. The van der Waals surface area contributed by atoms with Crippen LogP contribution in [-0.4, -0.2) is 17.9 Å². The quantitative estimate of drug-likeness (QED) is 0.654. The molecule has 0 bridgehead atoms. The fourth-order valence-electron chi connectivity index (χ4n) is 1.95. The van der Waals surface area contributed by atoms with Crippen LogP contribution in [0.5, 0.6) is 0 Å². The van der Waals surface area contributed by atoms with Gasteiger partial charge in [-0.05, 0) is 23.8 Å². The van der Waals surface area contributed by atoms with Crippen molar-refractivity contribution in [3.05, 3.63) is 68.7 Å². The fraction of sp³-hybridized carbons (Fsp3) is 0.133. The Hall–Kier alpha value is -2.60.